The van der Waals surface area contributed by atoms with Crippen molar-refractivity contribution in [3.05, 3.63) is 0 Å². The molecule has 1 aliphatic carbocycles. The van der Waals surface area contributed by atoms with Gasteiger partial charge < -0.3 is 15.8 Å². The van der Waals surface area contributed by atoms with Crippen LogP contribution >= 0.6 is 0 Å². The number of nitrogens with one attached hydrogen (secondary N) is 2. The third-order valence-corrected chi connectivity index (χ3v) is 3.21. The van der Waals surface area contributed by atoms with Crippen LogP contribution in [0.1, 0.15) is 46.5 Å². The first kappa shape index (κ1) is 14.8. The van der Waals surface area contributed by atoms with E-state index in [4.69, 9.17) is 15.9 Å². The molecule has 0 heterocycles. The summed E-state index contributed by atoms with van der Waals surface area (Å²) >= 11 is 0. The first-order chi connectivity index (χ1) is 8.28. The van der Waals surface area contributed by atoms with E-state index in [1.54, 1.807) is 0 Å². The molecule has 18 heavy (non-hydrogen) atoms. The highest BCUT2D eigenvalue weighted by Crippen LogP contribution is 2.28. The Kier molecular flexibility index (Phi) is 4.99. The van der Waals surface area contributed by atoms with Crippen molar-refractivity contribution >= 4 is 11.9 Å². The van der Waals surface area contributed by atoms with Crippen molar-refractivity contribution in [3.8, 4) is 0 Å². The molecular formula is C13H25N3O2. The lowest BCUT2D eigenvalue weighted by Crippen LogP contribution is -2.41. The minimum absolute atomic E-state index is 0.227. The fourth-order valence-corrected chi connectivity index (χ4v) is 2.18. The monoisotopic (exact) mass is 255 g/mol. The number of nitrogens with two attached hydrogens (primary N) is 1. The molecule has 5 nitrogen and oxygen atoms in total. The second kappa shape index (κ2) is 6.07. The first-order valence-electron chi connectivity index (χ1n) is 6.57. The Bertz CT molecular complexity index is 302. The highest BCUT2D eigenvalue weighted by molar-refractivity contribution is 5.79. The molecule has 1 amide bonds. The minimum Gasteiger partial charge on any atom is -0.449 e. The molecule has 0 aromatic carbocycles. The summed E-state index contributed by atoms with van der Waals surface area (Å²) in [5, 5.41) is 10.2. The molecule has 5 heteroatoms. The van der Waals surface area contributed by atoms with E-state index in [1.807, 2.05) is 20.8 Å². The molecule has 0 aliphatic heterocycles. The third-order valence-electron chi connectivity index (χ3n) is 3.21. The summed E-state index contributed by atoms with van der Waals surface area (Å²) < 4.78 is 5.22. The maximum atomic E-state index is 11.5. The summed E-state index contributed by atoms with van der Waals surface area (Å²) in [7, 11) is 0. The summed E-state index contributed by atoms with van der Waals surface area (Å²) in [6.45, 7) is 6.23. The van der Waals surface area contributed by atoms with Crippen LogP contribution in [0.2, 0.25) is 0 Å². The van der Waals surface area contributed by atoms with E-state index in [-0.39, 0.29) is 17.6 Å². The maximum Gasteiger partial charge on any atom is 0.407 e. The standard InChI is InChI=1S/C13H25N3O2/c1-13(2,3)16-12(17)18-8-9-4-6-10(7-5-9)11(14)15/h9-10H,4-8H2,1-3H3,(H3,14,15)(H,16,17). The molecule has 0 aromatic rings. The van der Waals surface area contributed by atoms with E-state index < -0.39 is 0 Å². The summed E-state index contributed by atoms with van der Waals surface area (Å²) in [6, 6.07) is 0. The van der Waals surface area contributed by atoms with Gasteiger partial charge in [0, 0.05) is 11.5 Å². The first-order valence-corrected chi connectivity index (χ1v) is 6.57. The zero-order valence-corrected chi connectivity index (χ0v) is 11.6. The van der Waals surface area contributed by atoms with Crippen LogP contribution in [0, 0.1) is 17.2 Å². The second-order valence-corrected chi connectivity index (χ2v) is 6.15. The minimum atomic E-state index is -0.351. The van der Waals surface area contributed by atoms with Gasteiger partial charge in [0.05, 0.1) is 12.4 Å². The van der Waals surface area contributed by atoms with E-state index >= 15 is 0 Å². The lowest BCUT2D eigenvalue weighted by molar-refractivity contribution is 0.107. The molecule has 0 saturated heterocycles. The predicted octanol–water partition coefficient (Wildman–Crippen LogP) is 2.25. The van der Waals surface area contributed by atoms with Gasteiger partial charge >= 0.3 is 6.09 Å². The van der Waals surface area contributed by atoms with Crippen molar-refractivity contribution in [2.45, 2.75) is 52.0 Å². The number of ether oxygens (including phenoxy) is 1. The average molecular weight is 255 g/mol. The van der Waals surface area contributed by atoms with E-state index in [0.717, 1.165) is 25.7 Å². The molecule has 0 atom stereocenters. The van der Waals surface area contributed by atoms with Gasteiger partial charge in [0.15, 0.2) is 0 Å². The number of hydrogen-bond acceptors (Lipinski definition) is 3. The van der Waals surface area contributed by atoms with Crippen LogP contribution in [0.25, 0.3) is 0 Å². The second-order valence-electron chi connectivity index (χ2n) is 6.15. The fraction of sp³-hybridized carbons (Fsp3) is 0.846. The number of carbonyl (C=O) groups is 1. The Morgan fingerprint density at radius 3 is 2.33 bits per heavy atom. The molecule has 1 fully saturated rings. The highest BCUT2D eigenvalue weighted by Gasteiger charge is 2.24. The van der Waals surface area contributed by atoms with Crippen LogP contribution in [-0.4, -0.2) is 24.1 Å². The van der Waals surface area contributed by atoms with E-state index in [2.05, 4.69) is 5.32 Å². The van der Waals surface area contributed by atoms with Crippen LogP contribution in [0.5, 0.6) is 0 Å². The van der Waals surface area contributed by atoms with Crippen LogP contribution in [0.3, 0.4) is 0 Å². The largest absolute Gasteiger partial charge is 0.449 e. The molecule has 0 bridgehead atoms. The number of amidine groups is 1. The zero-order chi connectivity index (χ0) is 13.8. The van der Waals surface area contributed by atoms with Gasteiger partial charge in [-0.1, -0.05) is 0 Å². The van der Waals surface area contributed by atoms with Gasteiger partial charge in [-0.15, -0.1) is 0 Å². The number of amides is 1. The van der Waals surface area contributed by atoms with Crippen molar-refractivity contribution in [1.82, 2.24) is 5.32 Å². The predicted molar refractivity (Wildman–Crippen MR) is 71.6 cm³/mol. The van der Waals surface area contributed by atoms with Gasteiger partial charge in [0.25, 0.3) is 0 Å². The van der Waals surface area contributed by atoms with Crippen molar-refractivity contribution < 1.29 is 9.53 Å². The summed E-state index contributed by atoms with van der Waals surface area (Å²) in [6.07, 6.45) is 3.48. The fourth-order valence-electron chi connectivity index (χ4n) is 2.18. The molecule has 1 rings (SSSR count). The lowest BCUT2D eigenvalue weighted by atomic mass is 9.82. The van der Waals surface area contributed by atoms with E-state index in [0.29, 0.717) is 18.4 Å². The average Bonchev–Trinajstić information content (AvgIpc) is 2.24. The molecule has 0 radical (unpaired) electrons. The summed E-state index contributed by atoms with van der Waals surface area (Å²) in [5.41, 5.74) is 5.23. The SMILES string of the molecule is CC(C)(C)NC(=O)OCC1CCC(C(=N)N)CC1. The van der Waals surface area contributed by atoms with Crippen LogP contribution < -0.4 is 11.1 Å². The molecule has 104 valence electrons. The third kappa shape index (κ3) is 5.38. The number of carbonyl (C=O) groups excluding carboxylic acids is 1. The van der Waals surface area contributed by atoms with Crippen molar-refractivity contribution in [1.29, 1.82) is 5.41 Å². The van der Waals surface area contributed by atoms with E-state index in [9.17, 15) is 4.79 Å². The number of hydrogen-bond donors (Lipinski definition) is 3. The summed E-state index contributed by atoms with van der Waals surface area (Å²) in [5.74, 6) is 0.927. The van der Waals surface area contributed by atoms with Gasteiger partial charge in [-0.2, -0.15) is 0 Å². The van der Waals surface area contributed by atoms with Crippen molar-refractivity contribution in [2.24, 2.45) is 17.6 Å². The highest BCUT2D eigenvalue weighted by atomic mass is 16.5. The molecule has 0 aromatic heterocycles. The summed E-state index contributed by atoms with van der Waals surface area (Å²) in [4.78, 5) is 11.5. The lowest BCUT2D eigenvalue weighted by Gasteiger charge is -2.28. The Hall–Kier alpha value is -1.26. The Labute approximate surface area is 109 Å². The molecule has 1 aliphatic rings. The van der Waals surface area contributed by atoms with Gasteiger partial charge in [0.1, 0.15) is 0 Å². The molecule has 0 spiro atoms. The van der Waals surface area contributed by atoms with Crippen LogP contribution in [-0.2, 0) is 4.74 Å². The van der Waals surface area contributed by atoms with Gasteiger partial charge in [-0.05, 0) is 52.4 Å². The quantitative estimate of drug-likeness (QED) is 0.534. The molecule has 1 saturated carbocycles. The molecular weight excluding hydrogens is 230 g/mol. The smallest absolute Gasteiger partial charge is 0.407 e. The number of alkyl carbamates (subject to hydrolysis) is 1. The Balaban J connectivity index is 2.22. The van der Waals surface area contributed by atoms with Gasteiger partial charge in [-0.25, -0.2) is 4.79 Å². The van der Waals surface area contributed by atoms with Crippen LogP contribution in [0.15, 0.2) is 0 Å². The van der Waals surface area contributed by atoms with Crippen LogP contribution in [0.4, 0.5) is 4.79 Å². The molecule has 0 unspecified atom stereocenters. The van der Waals surface area contributed by atoms with E-state index in [1.165, 1.54) is 0 Å². The van der Waals surface area contributed by atoms with Gasteiger partial charge in [-0.3, -0.25) is 5.41 Å². The van der Waals surface area contributed by atoms with Gasteiger partial charge in [0.2, 0.25) is 0 Å². The Morgan fingerprint density at radius 2 is 1.89 bits per heavy atom. The molecule has 4 N–H and O–H groups in total. The van der Waals surface area contributed by atoms with Crippen molar-refractivity contribution in [3.63, 3.8) is 0 Å². The number of rotatable bonds is 3. The van der Waals surface area contributed by atoms with Crippen molar-refractivity contribution in [2.75, 3.05) is 6.61 Å². The zero-order valence-electron chi connectivity index (χ0n) is 11.6. The Morgan fingerprint density at radius 1 is 1.33 bits per heavy atom. The topological polar surface area (TPSA) is 88.2 Å². The normalized spacial score (nSPS) is 24.4. The maximum absolute atomic E-state index is 11.5.